The lowest BCUT2D eigenvalue weighted by Gasteiger charge is -2.37. The fourth-order valence-corrected chi connectivity index (χ4v) is 2.30. The van der Waals surface area contributed by atoms with E-state index in [4.69, 9.17) is 9.84 Å². The van der Waals surface area contributed by atoms with Crippen LogP contribution in [0, 0.1) is 0 Å². The first-order valence-corrected chi connectivity index (χ1v) is 5.69. The molecule has 106 valence electrons. The van der Waals surface area contributed by atoms with Crippen molar-refractivity contribution in [1.82, 2.24) is 4.90 Å². The van der Waals surface area contributed by atoms with Crippen molar-refractivity contribution in [2.75, 3.05) is 19.7 Å². The van der Waals surface area contributed by atoms with Crippen LogP contribution in [0.3, 0.4) is 0 Å². The van der Waals surface area contributed by atoms with Crippen LogP contribution in [0.25, 0.3) is 0 Å². The van der Waals surface area contributed by atoms with Crippen LogP contribution in [0.1, 0.15) is 12.8 Å². The van der Waals surface area contributed by atoms with Crippen molar-refractivity contribution >= 4 is 11.9 Å². The molecule has 2 heterocycles. The third kappa shape index (κ3) is 2.73. The summed E-state index contributed by atoms with van der Waals surface area (Å²) >= 11 is 0. The number of carbonyl (C=O) groups excluding carboxylic acids is 1. The maximum atomic E-state index is 12.3. The molecule has 19 heavy (non-hydrogen) atoms. The van der Waals surface area contributed by atoms with E-state index in [9.17, 15) is 22.8 Å². The van der Waals surface area contributed by atoms with Crippen LogP contribution in [-0.4, -0.2) is 53.4 Å². The van der Waals surface area contributed by atoms with Crippen LogP contribution in [0.15, 0.2) is 11.6 Å². The molecule has 0 aromatic rings. The van der Waals surface area contributed by atoms with Crippen molar-refractivity contribution in [3.63, 3.8) is 0 Å². The van der Waals surface area contributed by atoms with E-state index >= 15 is 0 Å². The molecule has 0 atom stereocenters. The Kier molecular flexibility index (Phi) is 3.29. The second-order valence-electron chi connectivity index (χ2n) is 4.62. The van der Waals surface area contributed by atoms with Gasteiger partial charge in [-0.3, -0.25) is 4.79 Å². The van der Waals surface area contributed by atoms with Crippen molar-refractivity contribution in [1.29, 1.82) is 0 Å². The molecule has 1 spiro atoms. The summed E-state index contributed by atoms with van der Waals surface area (Å²) in [5.41, 5.74) is -0.730. The van der Waals surface area contributed by atoms with E-state index in [1.807, 2.05) is 0 Å². The summed E-state index contributed by atoms with van der Waals surface area (Å²) in [6.45, 7) is -0.244. The summed E-state index contributed by atoms with van der Waals surface area (Å²) in [6, 6.07) is 0. The van der Waals surface area contributed by atoms with E-state index in [0.717, 1.165) is 4.90 Å². The van der Waals surface area contributed by atoms with Crippen LogP contribution in [0.2, 0.25) is 0 Å². The van der Waals surface area contributed by atoms with Crippen molar-refractivity contribution in [2.24, 2.45) is 0 Å². The van der Waals surface area contributed by atoms with Gasteiger partial charge in [-0.1, -0.05) is 0 Å². The van der Waals surface area contributed by atoms with E-state index in [1.165, 1.54) is 6.08 Å². The quantitative estimate of drug-likeness (QED) is 0.776. The van der Waals surface area contributed by atoms with Gasteiger partial charge in [-0.05, 0) is 18.9 Å². The Hall–Kier alpha value is -1.57. The molecule has 8 heteroatoms. The summed E-state index contributed by atoms with van der Waals surface area (Å²) in [4.78, 5) is 22.5. The van der Waals surface area contributed by atoms with E-state index in [2.05, 4.69) is 0 Å². The Bertz CT molecular complexity index is 436. The van der Waals surface area contributed by atoms with Crippen LogP contribution >= 0.6 is 0 Å². The van der Waals surface area contributed by atoms with Gasteiger partial charge in [-0.2, -0.15) is 13.2 Å². The Balaban J connectivity index is 2.01. The molecule has 0 saturated carbocycles. The Morgan fingerprint density at radius 2 is 1.89 bits per heavy atom. The lowest BCUT2D eigenvalue weighted by Crippen LogP contribution is -2.50. The molecule has 2 aliphatic heterocycles. The lowest BCUT2D eigenvalue weighted by molar-refractivity contribution is -0.188. The first-order chi connectivity index (χ1) is 8.73. The highest BCUT2D eigenvalue weighted by Crippen LogP contribution is 2.35. The van der Waals surface area contributed by atoms with Crippen LogP contribution in [-0.2, 0) is 14.3 Å². The molecule has 0 aromatic carbocycles. The zero-order chi connectivity index (χ0) is 14.3. The Labute approximate surface area is 106 Å². The topological polar surface area (TPSA) is 66.8 Å². The predicted octanol–water partition coefficient (Wildman–Crippen LogP) is 0.951. The monoisotopic (exact) mass is 279 g/mol. The fourth-order valence-electron chi connectivity index (χ4n) is 2.30. The van der Waals surface area contributed by atoms with Gasteiger partial charge in [0.25, 0.3) is 0 Å². The van der Waals surface area contributed by atoms with Gasteiger partial charge >= 0.3 is 18.1 Å². The molecule has 0 aliphatic carbocycles. The molecule has 1 saturated heterocycles. The standard InChI is InChI=1S/C11H12F3NO4/c12-11(13,14)9(18)15-3-1-10(2-4-15)5-7(6-19-10)8(16)17/h5H,1-4,6H2,(H,16,17). The zero-order valence-electron chi connectivity index (χ0n) is 9.87. The van der Waals surface area contributed by atoms with Crippen molar-refractivity contribution in [2.45, 2.75) is 24.6 Å². The van der Waals surface area contributed by atoms with Crippen LogP contribution in [0.5, 0.6) is 0 Å². The van der Waals surface area contributed by atoms with Gasteiger partial charge in [0.15, 0.2) is 0 Å². The fraction of sp³-hybridized carbons (Fsp3) is 0.636. The molecule has 2 rings (SSSR count). The molecule has 0 bridgehead atoms. The summed E-state index contributed by atoms with van der Waals surface area (Å²) in [6.07, 6.45) is -3.08. The molecule has 1 N–H and O–H groups in total. The number of likely N-dealkylation sites (tertiary alicyclic amines) is 1. The van der Waals surface area contributed by atoms with E-state index < -0.39 is 23.7 Å². The number of ether oxygens (including phenoxy) is 1. The molecule has 1 amide bonds. The van der Waals surface area contributed by atoms with E-state index in [0.29, 0.717) is 0 Å². The number of carboxylic acid groups (broad SMARTS) is 1. The maximum absolute atomic E-state index is 12.3. The number of carbonyl (C=O) groups is 2. The first kappa shape index (κ1) is 13.9. The number of piperidine rings is 1. The van der Waals surface area contributed by atoms with Crippen molar-refractivity contribution in [3.05, 3.63) is 11.6 Å². The molecular weight excluding hydrogens is 267 g/mol. The molecular formula is C11H12F3NO4. The third-order valence-corrected chi connectivity index (χ3v) is 3.37. The molecule has 1 fully saturated rings. The number of hydrogen-bond acceptors (Lipinski definition) is 3. The first-order valence-electron chi connectivity index (χ1n) is 5.69. The molecule has 5 nitrogen and oxygen atoms in total. The third-order valence-electron chi connectivity index (χ3n) is 3.37. The van der Waals surface area contributed by atoms with Crippen LogP contribution < -0.4 is 0 Å². The van der Waals surface area contributed by atoms with Crippen molar-refractivity contribution < 1.29 is 32.6 Å². The van der Waals surface area contributed by atoms with E-state index in [1.54, 1.807) is 0 Å². The smallest absolute Gasteiger partial charge is 0.471 e. The largest absolute Gasteiger partial charge is 0.478 e. The van der Waals surface area contributed by atoms with Gasteiger partial charge in [-0.25, -0.2) is 4.79 Å². The minimum Gasteiger partial charge on any atom is -0.478 e. The summed E-state index contributed by atoms with van der Waals surface area (Å²) in [5, 5.41) is 8.81. The molecule has 0 radical (unpaired) electrons. The summed E-state index contributed by atoms with van der Waals surface area (Å²) in [7, 11) is 0. The Morgan fingerprint density at radius 1 is 1.32 bits per heavy atom. The normalized spacial score (nSPS) is 22.5. The highest BCUT2D eigenvalue weighted by atomic mass is 19.4. The molecule has 0 aromatic heterocycles. The summed E-state index contributed by atoms with van der Waals surface area (Å²) < 4.78 is 42.2. The Morgan fingerprint density at radius 3 is 2.32 bits per heavy atom. The second-order valence-corrected chi connectivity index (χ2v) is 4.62. The van der Waals surface area contributed by atoms with Gasteiger partial charge in [0.1, 0.15) is 0 Å². The average Bonchev–Trinajstić information content (AvgIpc) is 2.73. The number of halogens is 3. The van der Waals surface area contributed by atoms with Crippen LogP contribution in [0.4, 0.5) is 13.2 Å². The summed E-state index contributed by atoms with van der Waals surface area (Å²) in [5.74, 6) is -2.95. The maximum Gasteiger partial charge on any atom is 0.471 e. The van der Waals surface area contributed by atoms with Gasteiger partial charge < -0.3 is 14.7 Å². The molecule has 2 aliphatic rings. The highest BCUT2D eigenvalue weighted by Gasteiger charge is 2.46. The van der Waals surface area contributed by atoms with E-state index in [-0.39, 0.29) is 38.1 Å². The van der Waals surface area contributed by atoms with Crippen molar-refractivity contribution in [3.8, 4) is 0 Å². The minimum absolute atomic E-state index is 0.0530. The number of carboxylic acids is 1. The number of amides is 1. The predicted molar refractivity (Wildman–Crippen MR) is 56.3 cm³/mol. The average molecular weight is 279 g/mol. The highest BCUT2D eigenvalue weighted by molar-refractivity contribution is 5.87. The van der Waals surface area contributed by atoms with Gasteiger partial charge in [-0.15, -0.1) is 0 Å². The SMILES string of the molecule is O=C(O)C1=CC2(CCN(C(=O)C(F)(F)F)CC2)OC1. The number of hydrogen-bond donors (Lipinski definition) is 1. The van der Waals surface area contributed by atoms with Gasteiger partial charge in [0.2, 0.25) is 0 Å². The number of rotatable bonds is 1. The zero-order valence-corrected chi connectivity index (χ0v) is 9.87. The lowest BCUT2D eigenvalue weighted by atomic mass is 9.90. The minimum atomic E-state index is -4.87. The van der Waals surface area contributed by atoms with Gasteiger partial charge in [0, 0.05) is 13.1 Å². The number of alkyl halides is 3. The number of aliphatic carboxylic acids is 1. The number of nitrogens with zero attached hydrogens (tertiary/aromatic N) is 1. The second kappa shape index (κ2) is 4.52. The molecule has 0 unspecified atom stereocenters. The van der Waals surface area contributed by atoms with Gasteiger partial charge in [0.05, 0.1) is 17.8 Å².